The third kappa shape index (κ3) is 6.18. The molecule has 2 aliphatic rings. The van der Waals surface area contributed by atoms with Crippen LogP contribution in [-0.4, -0.2) is 72.9 Å². The van der Waals surface area contributed by atoms with E-state index in [0.717, 1.165) is 68.6 Å². The highest BCUT2D eigenvalue weighted by atomic mass is 32.1. The van der Waals surface area contributed by atoms with Gasteiger partial charge >= 0.3 is 6.09 Å². The van der Waals surface area contributed by atoms with Crippen molar-refractivity contribution in [1.82, 2.24) is 14.8 Å². The molecule has 1 amide bonds. The Labute approximate surface area is 201 Å². The third-order valence-electron chi connectivity index (χ3n) is 6.16. The molecule has 0 N–H and O–H groups in total. The van der Waals surface area contributed by atoms with E-state index in [4.69, 9.17) is 14.5 Å². The molecule has 0 radical (unpaired) electrons. The van der Waals surface area contributed by atoms with Crippen LogP contribution in [0.2, 0.25) is 0 Å². The second kappa shape index (κ2) is 10.3. The van der Waals surface area contributed by atoms with Gasteiger partial charge in [-0.1, -0.05) is 12.1 Å². The lowest BCUT2D eigenvalue weighted by molar-refractivity contribution is 0.0292. The summed E-state index contributed by atoms with van der Waals surface area (Å²) in [5.41, 5.74) is 1.85. The van der Waals surface area contributed by atoms with E-state index >= 15 is 0 Å². The molecule has 0 saturated carbocycles. The minimum absolute atomic E-state index is 0.217. The summed E-state index contributed by atoms with van der Waals surface area (Å²) in [4.78, 5) is 24.1. The summed E-state index contributed by atoms with van der Waals surface area (Å²) in [5, 5.41) is 3.33. The predicted molar refractivity (Wildman–Crippen MR) is 132 cm³/mol. The molecule has 2 aromatic rings. The highest BCUT2D eigenvalue weighted by Crippen LogP contribution is 2.31. The van der Waals surface area contributed by atoms with E-state index in [1.54, 1.807) is 18.4 Å². The highest BCUT2D eigenvalue weighted by molar-refractivity contribution is 7.09. The van der Waals surface area contributed by atoms with Crippen molar-refractivity contribution >= 4 is 23.1 Å². The second-order valence-electron chi connectivity index (χ2n) is 9.88. The molecule has 4 rings (SSSR count). The van der Waals surface area contributed by atoms with E-state index < -0.39 is 5.60 Å². The van der Waals surface area contributed by atoms with Gasteiger partial charge in [-0.25, -0.2) is 9.78 Å². The highest BCUT2D eigenvalue weighted by Gasteiger charge is 2.32. The molecule has 0 spiro atoms. The van der Waals surface area contributed by atoms with Gasteiger partial charge in [0.15, 0.2) is 0 Å². The van der Waals surface area contributed by atoms with Crippen molar-refractivity contribution in [3.8, 4) is 5.75 Å². The number of hydrogen-bond acceptors (Lipinski definition) is 7. The van der Waals surface area contributed by atoms with E-state index in [1.165, 1.54) is 5.69 Å². The number of benzene rings is 1. The van der Waals surface area contributed by atoms with Crippen LogP contribution in [0.5, 0.6) is 5.75 Å². The Hall–Kier alpha value is -2.32. The van der Waals surface area contributed by atoms with E-state index in [0.29, 0.717) is 12.5 Å². The van der Waals surface area contributed by atoms with Crippen molar-refractivity contribution in [2.75, 3.05) is 51.3 Å². The molecule has 8 heteroatoms. The van der Waals surface area contributed by atoms with E-state index in [1.807, 2.05) is 37.8 Å². The number of rotatable bonds is 5. The summed E-state index contributed by atoms with van der Waals surface area (Å²) in [6.45, 7) is 12.1. The molecule has 7 nitrogen and oxygen atoms in total. The topological polar surface area (TPSA) is 58.1 Å². The molecule has 180 valence electrons. The Balaban J connectivity index is 1.31. The fourth-order valence-electron chi connectivity index (χ4n) is 4.53. The first kappa shape index (κ1) is 23.8. The van der Waals surface area contributed by atoms with Crippen molar-refractivity contribution < 1.29 is 14.3 Å². The average molecular weight is 473 g/mol. The quantitative estimate of drug-likeness (QED) is 0.635. The lowest BCUT2D eigenvalue weighted by Gasteiger charge is -2.25. The number of amides is 1. The first-order chi connectivity index (χ1) is 15.8. The number of hydrogen-bond donors (Lipinski definition) is 0. The summed E-state index contributed by atoms with van der Waals surface area (Å²) >= 11 is 1.73. The van der Waals surface area contributed by atoms with Crippen LogP contribution in [0.4, 0.5) is 10.5 Å². The summed E-state index contributed by atoms with van der Waals surface area (Å²) in [6.07, 6.45) is 1.85. The Morgan fingerprint density at radius 2 is 1.97 bits per heavy atom. The molecule has 1 aromatic heterocycles. The number of ether oxygens (including phenoxy) is 2. The fourth-order valence-corrected chi connectivity index (χ4v) is 5.47. The van der Waals surface area contributed by atoms with Gasteiger partial charge in [-0.05, 0) is 45.7 Å². The molecule has 33 heavy (non-hydrogen) atoms. The van der Waals surface area contributed by atoms with Crippen molar-refractivity contribution in [2.45, 2.75) is 51.7 Å². The molecular weight excluding hydrogens is 436 g/mol. The maximum atomic E-state index is 12.4. The van der Waals surface area contributed by atoms with Crippen LogP contribution >= 0.6 is 11.3 Å². The zero-order valence-corrected chi connectivity index (χ0v) is 21.1. The van der Waals surface area contributed by atoms with Crippen LogP contribution < -0.4 is 9.64 Å². The largest absolute Gasteiger partial charge is 0.495 e. The van der Waals surface area contributed by atoms with E-state index in [2.05, 4.69) is 27.3 Å². The van der Waals surface area contributed by atoms with Gasteiger partial charge < -0.3 is 19.3 Å². The number of likely N-dealkylation sites (tertiary alicyclic amines) is 1. The van der Waals surface area contributed by atoms with Crippen molar-refractivity contribution in [1.29, 1.82) is 0 Å². The number of para-hydroxylation sites is 2. The van der Waals surface area contributed by atoms with Crippen molar-refractivity contribution in [3.63, 3.8) is 0 Å². The monoisotopic (exact) mass is 472 g/mol. The van der Waals surface area contributed by atoms with Crippen LogP contribution in [0.25, 0.3) is 0 Å². The maximum Gasteiger partial charge on any atom is 0.410 e. The molecule has 0 aliphatic carbocycles. The van der Waals surface area contributed by atoms with Gasteiger partial charge in [0.1, 0.15) is 11.4 Å². The van der Waals surface area contributed by atoms with Crippen LogP contribution in [-0.2, 0) is 11.3 Å². The molecule has 3 heterocycles. The molecule has 1 aromatic carbocycles. The molecule has 1 unspecified atom stereocenters. The Morgan fingerprint density at radius 3 is 2.76 bits per heavy atom. The van der Waals surface area contributed by atoms with Gasteiger partial charge in [0, 0.05) is 57.1 Å². The summed E-state index contributed by atoms with van der Waals surface area (Å²) in [5.74, 6) is 1.24. The molecule has 0 bridgehead atoms. The molecule has 1 atom stereocenters. The van der Waals surface area contributed by atoms with Gasteiger partial charge in [0.2, 0.25) is 0 Å². The van der Waals surface area contributed by atoms with E-state index in [-0.39, 0.29) is 6.09 Å². The lowest BCUT2D eigenvalue weighted by atomic mass is 10.1. The molecular formula is C25H36N4O3S. The number of methoxy groups -OCH3 is 1. The Morgan fingerprint density at radius 1 is 1.15 bits per heavy atom. The molecule has 2 fully saturated rings. The minimum Gasteiger partial charge on any atom is -0.495 e. The smallest absolute Gasteiger partial charge is 0.410 e. The average Bonchev–Trinajstić information content (AvgIpc) is 3.39. The number of thiazole rings is 1. The summed E-state index contributed by atoms with van der Waals surface area (Å²) in [7, 11) is 1.74. The normalized spacial score (nSPS) is 20.1. The maximum absolute atomic E-state index is 12.4. The van der Waals surface area contributed by atoms with Crippen molar-refractivity contribution in [3.05, 3.63) is 40.3 Å². The Bertz CT molecular complexity index is 942. The Kier molecular flexibility index (Phi) is 7.44. The van der Waals surface area contributed by atoms with Crippen LogP contribution in [0.1, 0.15) is 50.2 Å². The summed E-state index contributed by atoms with van der Waals surface area (Å²) in [6, 6.07) is 8.26. The van der Waals surface area contributed by atoms with Crippen LogP contribution in [0.3, 0.4) is 0 Å². The third-order valence-corrected chi connectivity index (χ3v) is 7.21. The standard InChI is InChI=1S/C25H36N4O3S/c1-25(2,3)32-24(30)29-13-10-19(16-29)23-26-20(18-33-23)17-27-11-7-12-28(15-14-27)21-8-5-6-9-22(21)31-4/h5-6,8-9,18-19H,7,10-17H2,1-4H3. The number of anilines is 1. The lowest BCUT2D eigenvalue weighted by Crippen LogP contribution is -2.35. The number of carbonyl (C=O) groups excluding carboxylic acids is 1. The number of nitrogens with zero attached hydrogens (tertiary/aromatic N) is 4. The summed E-state index contributed by atoms with van der Waals surface area (Å²) < 4.78 is 11.1. The van der Waals surface area contributed by atoms with Gasteiger partial charge in [-0.2, -0.15) is 0 Å². The first-order valence-corrected chi connectivity index (χ1v) is 12.7. The van der Waals surface area contributed by atoms with Crippen LogP contribution in [0, 0.1) is 0 Å². The van der Waals surface area contributed by atoms with Gasteiger partial charge in [-0.3, -0.25) is 4.90 Å². The zero-order chi connectivity index (χ0) is 23.4. The fraction of sp³-hybridized carbons (Fsp3) is 0.600. The number of carbonyl (C=O) groups is 1. The van der Waals surface area contributed by atoms with E-state index in [9.17, 15) is 4.79 Å². The molecule has 2 saturated heterocycles. The minimum atomic E-state index is -0.460. The van der Waals surface area contributed by atoms with Gasteiger partial charge in [0.25, 0.3) is 0 Å². The molecule has 2 aliphatic heterocycles. The zero-order valence-electron chi connectivity index (χ0n) is 20.2. The van der Waals surface area contributed by atoms with Gasteiger partial charge in [-0.15, -0.1) is 11.3 Å². The predicted octanol–water partition coefficient (Wildman–Crippen LogP) is 4.59. The number of aromatic nitrogens is 1. The SMILES string of the molecule is COc1ccccc1N1CCCN(Cc2csc(C3CCN(C(=O)OC(C)(C)C)C3)n2)CC1. The van der Waals surface area contributed by atoms with Crippen LogP contribution in [0.15, 0.2) is 29.6 Å². The van der Waals surface area contributed by atoms with Crippen molar-refractivity contribution in [2.24, 2.45) is 0 Å². The first-order valence-electron chi connectivity index (χ1n) is 11.8. The van der Waals surface area contributed by atoms with Gasteiger partial charge in [0.05, 0.1) is 23.5 Å². The second-order valence-corrected chi connectivity index (χ2v) is 10.8.